The number of amides is 1. The van der Waals surface area contributed by atoms with Crippen molar-refractivity contribution in [1.82, 2.24) is 0 Å². The van der Waals surface area contributed by atoms with Crippen LogP contribution in [0, 0.1) is 0 Å². The summed E-state index contributed by atoms with van der Waals surface area (Å²) in [5, 5.41) is 2.71. The molecule has 0 radical (unpaired) electrons. The second-order valence-electron chi connectivity index (χ2n) is 3.60. The van der Waals surface area contributed by atoms with Gasteiger partial charge in [-0.3, -0.25) is 4.79 Å². The van der Waals surface area contributed by atoms with Gasteiger partial charge in [0, 0.05) is 13.3 Å². The van der Waals surface area contributed by atoms with Crippen LogP contribution in [0.25, 0.3) is 0 Å². The van der Waals surface area contributed by atoms with Gasteiger partial charge in [0.2, 0.25) is 5.91 Å². The molecule has 0 saturated heterocycles. The Morgan fingerprint density at radius 1 is 1.47 bits per heavy atom. The van der Waals surface area contributed by atoms with E-state index in [0.717, 1.165) is 6.42 Å². The molecule has 0 aliphatic rings. The van der Waals surface area contributed by atoms with Crippen LogP contribution >= 0.6 is 12.2 Å². The number of thiocarbonyl (C=S) groups is 1. The smallest absolute Gasteiger partial charge is 0.221 e. The molecular formula is C12H16N2O2S. The summed E-state index contributed by atoms with van der Waals surface area (Å²) in [5.74, 6) is 0.537. The lowest BCUT2D eigenvalue weighted by atomic mass is 10.3. The molecule has 1 amide bonds. The molecule has 17 heavy (non-hydrogen) atoms. The van der Waals surface area contributed by atoms with Crippen LogP contribution in [-0.4, -0.2) is 17.5 Å². The first kappa shape index (κ1) is 13.4. The standard InChI is InChI=1S/C12H16N2O2S/c1-9(15)14-10-5-2-3-6-11(10)16-8-4-7-12(13)17/h2-3,5-6H,4,7-8H2,1H3,(H2,13,17)(H,14,15). The zero-order chi connectivity index (χ0) is 12.7. The number of carbonyl (C=O) groups excluding carboxylic acids is 1. The van der Waals surface area contributed by atoms with E-state index in [1.807, 2.05) is 18.2 Å². The molecule has 5 heteroatoms. The minimum atomic E-state index is -0.121. The lowest BCUT2D eigenvalue weighted by Gasteiger charge is -2.11. The number of rotatable bonds is 6. The number of anilines is 1. The fourth-order valence-electron chi connectivity index (χ4n) is 1.31. The summed E-state index contributed by atoms with van der Waals surface area (Å²) < 4.78 is 5.56. The van der Waals surface area contributed by atoms with Crippen molar-refractivity contribution >= 4 is 28.8 Å². The molecule has 4 nitrogen and oxygen atoms in total. The highest BCUT2D eigenvalue weighted by Gasteiger charge is 2.03. The number of hydrogen-bond donors (Lipinski definition) is 2. The van der Waals surface area contributed by atoms with Crippen molar-refractivity contribution in [3.63, 3.8) is 0 Å². The summed E-state index contributed by atoms with van der Waals surface area (Å²) in [6, 6.07) is 7.30. The molecule has 0 aliphatic carbocycles. The lowest BCUT2D eigenvalue weighted by molar-refractivity contribution is -0.114. The van der Waals surface area contributed by atoms with Crippen LogP contribution < -0.4 is 15.8 Å². The average molecular weight is 252 g/mol. The topological polar surface area (TPSA) is 64.3 Å². The summed E-state index contributed by atoms with van der Waals surface area (Å²) in [4.78, 5) is 11.5. The van der Waals surface area contributed by atoms with Gasteiger partial charge < -0.3 is 15.8 Å². The average Bonchev–Trinajstić information content (AvgIpc) is 2.25. The number of ether oxygens (including phenoxy) is 1. The van der Waals surface area contributed by atoms with E-state index in [0.29, 0.717) is 29.5 Å². The van der Waals surface area contributed by atoms with Gasteiger partial charge in [0.05, 0.1) is 17.3 Å². The van der Waals surface area contributed by atoms with Crippen molar-refractivity contribution in [3.8, 4) is 5.75 Å². The summed E-state index contributed by atoms with van der Waals surface area (Å²) in [6.07, 6.45) is 1.43. The Kier molecular flexibility index (Phi) is 5.42. The lowest BCUT2D eigenvalue weighted by Crippen LogP contribution is -2.11. The minimum absolute atomic E-state index is 0.121. The van der Waals surface area contributed by atoms with E-state index >= 15 is 0 Å². The maximum Gasteiger partial charge on any atom is 0.221 e. The Balaban J connectivity index is 2.51. The van der Waals surface area contributed by atoms with E-state index in [9.17, 15) is 4.79 Å². The predicted molar refractivity (Wildman–Crippen MR) is 72.3 cm³/mol. The van der Waals surface area contributed by atoms with Crippen molar-refractivity contribution in [3.05, 3.63) is 24.3 Å². The van der Waals surface area contributed by atoms with Crippen LogP contribution in [0.5, 0.6) is 5.75 Å². The van der Waals surface area contributed by atoms with Gasteiger partial charge in [0.25, 0.3) is 0 Å². The fraction of sp³-hybridized carbons (Fsp3) is 0.333. The molecule has 1 aromatic rings. The van der Waals surface area contributed by atoms with Crippen molar-refractivity contribution in [2.24, 2.45) is 5.73 Å². The van der Waals surface area contributed by atoms with Gasteiger partial charge in [-0.05, 0) is 18.6 Å². The Bertz CT molecular complexity index is 407. The number of benzene rings is 1. The second kappa shape index (κ2) is 6.85. The van der Waals surface area contributed by atoms with E-state index in [1.165, 1.54) is 6.92 Å². The molecule has 1 rings (SSSR count). The predicted octanol–water partition coefficient (Wildman–Crippen LogP) is 2.09. The summed E-state index contributed by atoms with van der Waals surface area (Å²) in [6.45, 7) is 1.98. The molecule has 0 atom stereocenters. The molecule has 3 N–H and O–H groups in total. The van der Waals surface area contributed by atoms with Crippen LogP contribution in [-0.2, 0) is 4.79 Å². The highest BCUT2D eigenvalue weighted by molar-refractivity contribution is 7.80. The van der Waals surface area contributed by atoms with Crippen molar-refractivity contribution in [1.29, 1.82) is 0 Å². The fourth-order valence-corrected chi connectivity index (χ4v) is 1.46. The van der Waals surface area contributed by atoms with E-state index in [-0.39, 0.29) is 5.91 Å². The van der Waals surface area contributed by atoms with Crippen LogP contribution in [0.1, 0.15) is 19.8 Å². The summed E-state index contributed by atoms with van der Waals surface area (Å²) in [5.41, 5.74) is 6.06. The third-order valence-electron chi connectivity index (χ3n) is 2.02. The summed E-state index contributed by atoms with van der Waals surface area (Å²) in [7, 11) is 0. The van der Waals surface area contributed by atoms with E-state index in [4.69, 9.17) is 22.7 Å². The van der Waals surface area contributed by atoms with Crippen LogP contribution in [0.3, 0.4) is 0 Å². The zero-order valence-corrected chi connectivity index (χ0v) is 10.5. The van der Waals surface area contributed by atoms with Crippen LogP contribution in [0.2, 0.25) is 0 Å². The second-order valence-corrected chi connectivity index (χ2v) is 4.12. The number of para-hydroxylation sites is 2. The summed E-state index contributed by atoms with van der Waals surface area (Å²) >= 11 is 4.77. The number of hydrogen-bond acceptors (Lipinski definition) is 3. The van der Waals surface area contributed by atoms with Crippen molar-refractivity contribution < 1.29 is 9.53 Å². The van der Waals surface area contributed by atoms with Gasteiger partial charge >= 0.3 is 0 Å². The van der Waals surface area contributed by atoms with Gasteiger partial charge in [-0.25, -0.2) is 0 Å². The van der Waals surface area contributed by atoms with E-state index < -0.39 is 0 Å². The normalized spacial score (nSPS) is 9.71. The molecular weight excluding hydrogens is 236 g/mol. The van der Waals surface area contributed by atoms with Crippen molar-refractivity contribution in [2.75, 3.05) is 11.9 Å². The monoisotopic (exact) mass is 252 g/mol. The Morgan fingerprint density at radius 2 is 2.18 bits per heavy atom. The molecule has 92 valence electrons. The van der Waals surface area contributed by atoms with Gasteiger partial charge in [-0.2, -0.15) is 0 Å². The molecule has 0 aliphatic heterocycles. The van der Waals surface area contributed by atoms with Gasteiger partial charge in [0.15, 0.2) is 0 Å². The van der Waals surface area contributed by atoms with Gasteiger partial charge in [-0.15, -0.1) is 0 Å². The molecule has 0 bridgehead atoms. The third-order valence-corrected chi connectivity index (χ3v) is 2.23. The SMILES string of the molecule is CC(=O)Nc1ccccc1OCCCC(N)=S. The number of nitrogens with two attached hydrogens (primary N) is 1. The number of nitrogens with one attached hydrogen (secondary N) is 1. The van der Waals surface area contributed by atoms with Crippen molar-refractivity contribution in [2.45, 2.75) is 19.8 Å². The maximum atomic E-state index is 11.0. The Labute approximate surface area is 106 Å². The largest absolute Gasteiger partial charge is 0.491 e. The first-order chi connectivity index (χ1) is 8.09. The van der Waals surface area contributed by atoms with Gasteiger partial charge in [0.1, 0.15) is 5.75 Å². The quantitative estimate of drug-likeness (QED) is 0.601. The third kappa shape index (κ3) is 5.31. The number of carbonyl (C=O) groups is 1. The molecule has 0 spiro atoms. The highest BCUT2D eigenvalue weighted by Crippen LogP contribution is 2.23. The first-order valence-corrected chi connectivity index (χ1v) is 5.78. The molecule has 0 saturated carbocycles. The molecule has 0 heterocycles. The maximum absolute atomic E-state index is 11.0. The zero-order valence-electron chi connectivity index (χ0n) is 9.73. The van der Waals surface area contributed by atoms with Gasteiger partial charge in [-0.1, -0.05) is 24.4 Å². The van der Waals surface area contributed by atoms with E-state index in [1.54, 1.807) is 6.07 Å². The Hall–Kier alpha value is -1.62. The van der Waals surface area contributed by atoms with Crippen LogP contribution in [0.15, 0.2) is 24.3 Å². The highest BCUT2D eigenvalue weighted by atomic mass is 32.1. The molecule has 0 unspecified atom stereocenters. The molecule has 0 aromatic heterocycles. The molecule has 1 aromatic carbocycles. The molecule has 0 fully saturated rings. The minimum Gasteiger partial charge on any atom is -0.491 e. The first-order valence-electron chi connectivity index (χ1n) is 5.37. The van der Waals surface area contributed by atoms with Crippen LogP contribution in [0.4, 0.5) is 5.69 Å². The Morgan fingerprint density at radius 3 is 2.82 bits per heavy atom. The van der Waals surface area contributed by atoms with E-state index in [2.05, 4.69) is 5.32 Å².